The van der Waals surface area contributed by atoms with Crippen molar-refractivity contribution >= 4 is 28.3 Å². The molecule has 2 rings (SSSR count). The topological polar surface area (TPSA) is 50.9 Å². The highest BCUT2D eigenvalue weighted by atomic mass is 35.5. The summed E-state index contributed by atoms with van der Waals surface area (Å²) >= 11 is 5.87. The predicted octanol–water partition coefficient (Wildman–Crippen LogP) is 2.62. The second-order valence-electron chi connectivity index (χ2n) is 3.26. The molecule has 0 unspecified atom stereocenters. The molecule has 0 aliphatic carbocycles. The number of hydrogen-bond acceptors (Lipinski definition) is 3. The first-order valence-corrected chi connectivity index (χ1v) is 4.72. The molecule has 78 valence electrons. The Balaban J connectivity index is 2.81. The molecule has 0 atom stereocenters. The van der Waals surface area contributed by atoms with Gasteiger partial charge in [-0.05, 0) is 30.7 Å². The van der Waals surface area contributed by atoms with Gasteiger partial charge in [-0.3, -0.25) is 0 Å². The molecule has 1 aromatic carbocycles. The van der Waals surface area contributed by atoms with Crippen molar-refractivity contribution in [1.82, 2.24) is 4.98 Å². The van der Waals surface area contributed by atoms with E-state index >= 15 is 0 Å². The molecule has 0 aliphatic heterocycles. The zero-order chi connectivity index (χ0) is 11.0. The Labute approximate surface area is 91.0 Å². The van der Waals surface area contributed by atoms with Gasteiger partial charge in [0, 0.05) is 5.39 Å². The molecule has 0 aliphatic rings. The summed E-state index contributed by atoms with van der Waals surface area (Å²) in [6.45, 7) is 1.83. The summed E-state index contributed by atoms with van der Waals surface area (Å²) in [5.41, 5.74) is 3.84. The summed E-state index contributed by atoms with van der Waals surface area (Å²) in [5.74, 6) is 5.46. The van der Waals surface area contributed by atoms with Gasteiger partial charge in [-0.1, -0.05) is 11.6 Å². The van der Waals surface area contributed by atoms with E-state index in [1.807, 2.05) is 6.92 Å². The van der Waals surface area contributed by atoms with Crippen molar-refractivity contribution in [3.63, 3.8) is 0 Å². The Bertz CT molecular complexity index is 528. The number of pyridine rings is 1. The SMILES string of the molecule is Cc1cc2cc(F)cc(Cl)c2nc1NN. The third kappa shape index (κ3) is 1.73. The van der Waals surface area contributed by atoms with Crippen LogP contribution in [-0.2, 0) is 0 Å². The number of nitrogens with one attached hydrogen (secondary N) is 1. The van der Waals surface area contributed by atoms with Crippen molar-refractivity contribution in [2.45, 2.75) is 6.92 Å². The van der Waals surface area contributed by atoms with Crippen LogP contribution in [0.3, 0.4) is 0 Å². The fourth-order valence-corrected chi connectivity index (χ4v) is 1.72. The number of aromatic nitrogens is 1. The summed E-state index contributed by atoms with van der Waals surface area (Å²) in [6, 6.07) is 4.40. The van der Waals surface area contributed by atoms with Crippen LogP contribution in [-0.4, -0.2) is 4.98 Å². The average Bonchev–Trinajstić information content (AvgIpc) is 2.16. The number of rotatable bonds is 1. The van der Waals surface area contributed by atoms with Crippen LogP contribution in [0.15, 0.2) is 18.2 Å². The lowest BCUT2D eigenvalue weighted by atomic mass is 10.1. The van der Waals surface area contributed by atoms with Crippen LogP contribution < -0.4 is 11.3 Å². The van der Waals surface area contributed by atoms with E-state index in [0.29, 0.717) is 16.7 Å². The molecule has 15 heavy (non-hydrogen) atoms. The van der Waals surface area contributed by atoms with E-state index in [1.54, 1.807) is 6.07 Å². The van der Waals surface area contributed by atoms with Crippen LogP contribution in [0.2, 0.25) is 5.02 Å². The minimum atomic E-state index is -0.373. The Kier molecular flexibility index (Phi) is 2.46. The first-order chi connectivity index (χ1) is 7.11. The van der Waals surface area contributed by atoms with Crippen LogP contribution in [0, 0.1) is 12.7 Å². The average molecular weight is 226 g/mol. The van der Waals surface area contributed by atoms with Gasteiger partial charge in [0.15, 0.2) is 0 Å². The second-order valence-corrected chi connectivity index (χ2v) is 3.66. The first-order valence-electron chi connectivity index (χ1n) is 4.35. The van der Waals surface area contributed by atoms with Gasteiger partial charge in [-0.15, -0.1) is 0 Å². The van der Waals surface area contributed by atoms with Crippen molar-refractivity contribution in [2.75, 3.05) is 5.43 Å². The molecule has 0 amide bonds. The molecule has 0 fully saturated rings. The van der Waals surface area contributed by atoms with Crippen LogP contribution >= 0.6 is 11.6 Å². The van der Waals surface area contributed by atoms with Gasteiger partial charge < -0.3 is 5.43 Å². The monoisotopic (exact) mass is 225 g/mol. The minimum Gasteiger partial charge on any atom is -0.308 e. The van der Waals surface area contributed by atoms with Crippen molar-refractivity contribution in [2.24, 2.45) is 5.84 Å². The highest BCUT2D eigenvalue weighted by molar-refractivity contribution is 6.35. The molecule has 1 heterocycles. The molecule has 0 bridgehead atoms. The van der Waals surface area contributed by atoms with Crippen molar-refractivity contribution in [1.29, 1.82) is 0 Å². The second kappa shape index (κ2) is 3.64. The number of nitrogens with two attached hydrogens (primary N) is 1. The van der Waals surface area contributed by atoms with Crippen LogP contribution in [0.25, 0.3) is 10.9 Å². The van der Waals surface area contributed by atoms with Crippen LogP contribution in [0.5, 0.6) is 0 Å². The van der Waals surface area contributed by atoms with Crippen LogP contribution in [0.1, 0.15) is 5.56 Å². The summed E-state index contributed by atoms with van der Waals surface area (Å²) in [6.07, 6.45) is 0. The molecule has 0 spiro atoms. The van der Waals surface area contributed by atoms with E-state index in [0.717, 1.165) is 5.56 Å². The molecular weight excluding hydrogens is 217 g/mol. The van der Waals surface area contributed by atoms with E-state index in [2.05, 4.69) is 10.4 Å². The van der Waals surface area contributed by atoms with Crippen molar-refractivity contribution < 1.29 is 4.39 Å². The van der Waals surface area contributed by atoms with Crippen molar-refractivity contribution in [3.05, 3.63) is 34.6 Å². The third-order valence-electron chi connectivity index (χ3n) is 2.16. The maximum absolute atomic E-state index is 13.1. The number of fused-ring (bicyclic) bond motifs is 1. The Morgan fingerprint density at radius 3 is 2.80 bits per heavy atom. The van der Waals surface area contributed by atoms with E-state index in [4.69, 9.17) is 17.4 Å². The zero-order valence-electron chi connectivity index (χ0n) is 8.01. The van der Waals surface area contributed by atoms with Gasteiger partial charge in [0.25, 0.3) is 0 Å². The number of nitrogen functional groups attached to an aromatic ring is 1. The quantitative estimate of drug-likeness (QED) is 0.580. The minimum absolute atomic E-state index is 0.279. The molecule has 0 saturated heterocycles. The number of benzene rings is 1. The molecule has 2 aromatic rings. The highest BCUT2D eigenvalue weighted by Gasteiger charge is 2.07. The van der Waals surface area contributed by atoms with Gasteiger partial charge in [-0.25, -0.2) is 15.2 Å². The fraction of sp³-hybridized carbons (Fsp3) is 0.100. The van der Waals surface area contributed by atoms with E-state index in [9.17, 15) is 4.39 Å². The lowest BCUT2D eigenvalue weighted by molar-refractivity contribution is 0.629. The molecular formula is C10H9ClFN3. The highest BCUT2D eigenvalue weighted by Crippen LogP contribution is 2.26. The standard InChI is InChI=1S/C10H9ClFN3/c1-5-2-6-3-7(12)4-8(11)9(6)14-10(5)15-13/h2-4H,13H2,1H3,(H,14,15). The van der Waals surface area contributed by atoms with Gasteiger partial charge in [-0.2, -0.15) is 0 Å². The lowest BCUT2D eigenvalue weighted by Crippen LogP contribution is -2.10. The van der Waals surface area contributed by atoms with E-state index < -0.39 is 0 Å². The number of hydrogen-bond donors (Lipinski definition) is 2. The summed E-state index contributed by atoms with van der Waals surface area (Å²) < 4.78 is 13.1. The Morgan fingerprint density at radius 2 is 2.13 bits per heavy atom. The maximum atomic E-state index is 13.1. The van der Waals surface area contributed by atoms with Crippen molar-refractivity contribution in [3.8, 4) is 0 Å². The van der Waals surface area contributed by atoms with Gasteiger partial charge in [0.05, 0.1) is 10.5 Å². The summed E-state index contributed by atoms with van der Waals surface area (Å²) in [7, 11) is 0. The lowest BCUT2D eigenvalue weighted by Gasteiger charge is -2.07. The summed E-state index contributed by atoms with van der Waals surface area (Å²) in [5, 5.41) is 0.943. The van der Waals surface area contributed by atoms with Gasteiger partial charge in [0.2, 0.25) is 0 Å². The van der Waals surface area contributed by atoms with E-state index in [1.165, 1.54) is 12.1 Å². The number of nitrogens with zero attached hydrogens (tertiary/aromatic N) is 1. The molecule has 5 heteroatoms. The normalized spacial score (nSPS) is 10.7. The number of anilines is 1. The summed E-state index contributed by atoms with van der Waals surface area (Å²) in [4.78, 5) is 4.20. The first kappa shape index (κ1) is 10.1. The third-order valence-corrected chi connectivity index (χ3v) is 2.45. The molecule has 0 saturated carbocycles. The van der Waals surface area contributed by atoms with Gasteiger partial charge in [0.1, 0.15) is 11.6 Å². The zero-order valence-corrected chi connectivity index (χ0v) is 8.77. The molecule has 0 radical (unpaired) electrons. The largest absolute Gasteiger partial charge is 0.308 e. The number of halogens is 2. The molecule has 3 N–H and O–H groups in total. The number of aryl methyl sites for hydroxylation is 1. The fourth-order valence-electron chi connectivity index (χ4n) is 1.46. The maximum Gasteiger partial charge on any atom is 0.143 e. The van der Waals surface area contributed by atoms with E-state index in [-0.39, 0.29) is 10.8 Å². The molecule has 3 nitrogen and oxygen atoms in total. The predicted molar refractivity (Wildman–Crippen MR) is 59.3 cm³/mol. The Hall–Kier alpha value is -1.39. The van der Waals surface area contributed by atoms with Gasteiger partial charge >= 0.3 is 0 Å². The Morgan fingerprint density at radius 1 is 1.40 bits per heavy atom. The smallest absolute Gasteiger partial charge is 0.143 e. The van der Waals surface area contributed by atoms with Crippen LogP contribution in [0.4, 0.5) is 10.2 Å². The number of hydrazine groups is 1. The molecule has 1 aromatic heterocycles.